The number of pyridine rings is 1. The second kappa shape index (κ2) is 3.09. The Bertz CT molecular complexity index is 360. The summed E-state index contributed by atoms with van der Waals surface area (Å²) in [6.45, 7) is 1.63. The Balaban J connectivity index is 3.32. The van der Waals surface area contributed by atoms with Gasteiger partial charge in [0, 0.05) is 6.20 Å². The molecule has 0 saturated heterocycles. The molecule has 1 heterocycles. The molecular weight excluding hydrogens is 179 g/mol. The molecule has 13 heavy (non-hydrogen) atoms. The number of aryl methyl sites for hydroxylation is 1. The van der Waals surface area contributed by atoms with Crippen molar-refractivity contribution in [2.24, 2.45) is 0 Å². The van der Waals surface area contributed by atoms with E-state index in [9.17, 15) is 13.2 Å². The molecular formula is C9H6F3N. The minimum absolute atomic E-state index is 0.215. The van der Waals surface area contributed by atoms with Crippen LogP contribution in [0.5, 0.6) is 0 Å². The summed E-state index contributed by atoms with van der Waals surface area (Å²) in [5.41, 5.74) is -0.603. The van der Waals surface area contributed by atoms with Crippen LogP contribution in [-0.4, -0.2) is 4.98 Å². The van der Waals surface area contributed by atoms with Crippen molar-refractivity contribution >= 4 is 0 Å². The SMILES string of the molecule is C#Cc1cc(C)cnc1C(F)(F)F. The van der Waals surface area contributed by atoms with Gasteiger partial charge in [-0.05, 0) is 18.6 Å². The van der Waals surface area contributed by atoms with Crippen LogP contribution in [0.3, 0.4) is 0 Å². The molecule has 0 aliphatic rings. The van der Waals surface area contributed by atoms with Crippen LogP contribution < -0.4 is 0 Å². The van der Waals surface area contributed by atoms with E-state index >= 15 is 0 Å². The molecule has 0 radical (unpaired) electrons. The van der Waals surface area contributed by atoms with Crippen LogP contribution in [0.4, 0.5) is 13.2 Å². The minimum atomic E-state index is -4.48. The predicted octanol–water partition coefficient (Wildman–Crippen LogP) is 2.39. The lowest BCUT2D eigenvalue weighted by Gasteiger charge is -2.07. The number of halogens is 3. The van der Waals surface area contributed by atoms with Gasteiger partial charge in [-0.15, -0.1) is 6.42 Å². The molecule has 4 heteroatoms. The number of nitrogens with zero attached hydrogens (tertiary/aromatic N) is 1. The first kappa shape index (κ1) is 9.59. The van der Waals surface area contributed by atoms with E-state index < -0.39 is 11.9 Å². The summed E-state index contributed by atoms with van der Waals surface area (Å²) in [4.78, 5) is 3.25. The van der Waals surface area contributed by atoms with Crippen LogP contribution in [-0.2, 0) is 6.18 Å². The van der Waals surface area contributed by atoms with Gasteiger partial charge in [0.25, 0.3) is 0 Å². The van der Waals surface area contributed by atoms with Gasteiger partial charge in [-0.1, -0.05) is 5.92 Å². The zero-order valence-corrected chi connectivity index (χ0v) is 6.81. The van der Waals surface area contributed by atoms with E-state index in [-0.39, 0.29) is 5.56 Å². The molecule has 0 spiro atoms. The second-order valence-corrected chi connectivity index (χ2v) is 2.55. The van der Waals surface area contributed by atoms with Crippen molar-refractivity contribution in [3.05, 3.63) is 29.1 Å². The van der Waals surface area contributed by atoms with Gasteiger partial charge in [0.2, 0.25) is 0 Å². The van der Waals surface area contributed by atoms with E-state index in [1.807, 2.05) is 5.92 Å². The first-order chi connectivity index (χ1) is 5.95. The van der Waals surface area contributed by atoms with Crippen molar-refractivity contribution in [1.82, 2.24) is 4.98 Å². The molecule has 0 saturated carbocycles. The molecule has 68 valence electrons. The van der Waals surface area contributed by atoms with Crippen LogP contribution in [0, 0.1) is 19.3 Å². The van der Waals surface area contributed by atoms with E-state index in [2.05, 4.69) is 4.98 Å². The number of hydrogen-bond acceptors (Lipinski definition) is 1. The fourth-order valence-corrected chi connectivity index (χ4v) is 0.905. The first-order valence-corrected chi connectivity index (χ1v) is 3.45. The number of rotatable bonds is 0. The van der Waals surface area contributed by atoms with Gasteiger partial charge in [-0.2, -0.15) is 13.2 Å². The third-order valence-corrected chi connectivity index (χ3v) is 1.45. The Kier molecular flexibility index (Phi) is 2.28. The summed E-state index contributed by atoms with van der Waals surface area (Å²) in [5.74, 6) is 1.96. The summed E-state index contributed by atoms with van der Waals surface area (Å²) in [6, 6.07) is 1.29. The molecule has 0 aliphatic carbocycles. The summed E-state index contributed by atoms with van der Waals surface area (Å²) < 4.78 is 36.6. The van der Waals surface area contributed by atoms with Crippen molar-refractivity contribution in [1.29, 1.82) is 0 Å². The molecule has 0 unspecified atom stereocenters. The van der Waals surface area contributed by atoms with E-state index in [1.165, 1.54) is 6.07 Å². The maximum Gasteiger partial charge on any atom is 0.434 e. The Labute approximate surface area is 73.6 Å². The number of aromatic nitrogens is 1. The molecule has 0 aliphatic heterocycles. The number of alkyl halides is 3. The molecule has 0 bridgehead atoms. The molecule has 0 amide bonds. The minimum Gasteiger partial charge on any atom is -0.250 e. The topological polar surface area (TPSA) is 12.9 Å². The second-order valence-electron chi connectivity index (χ2n) is 2.55. The van der Waals surface area contributed by atoms with Crippen molar-refractivity contribution in [3.63, 3.8) is 0 Å². The molecule has 0 atom stereocenters. The van der Waals surface area contributed by atoms with Gasteiger partial charge in [0.15, 0.2) is 5.69 Å². The highest BCUT2D eigenvalue weighted by Gasteiger charge is 2.34. The average Bonchev–Trinajstić information content (AvgIpc) is 2.01. The van der Waals surface area contributed by atoms with Crippen LogP contribution in [0.2, 0.25) is 0 Å². The maximum absolute atomic E-state index is 12.2. The fourth-order valence-electron chi connectivity index (χ4n) is 0.905. The van der Waals surface area contributed by atoms with Gasteiger partial charge in [0.1, 0.15) is 0 Å². The smallest absolute Gasteiger partial charge is 0.250 e. The third-order valence-electron chi connectivity index (χ3n) is 1.45. The summed E-state index contributed by atoms with van der Waals surface area (Å²) in [7, 11) is 0. The Morgan fingerprint density at radius 2 is 2.08 bits per heavy atom. The Morgan fingerprint density at radius 1 is 1.46 bits per heavy atom. The lowest BCUT2D eigenvalue weighted by Crippen LogP contribution is -2.10. The molecule has 0 fully saturated rings. The van der Waals surface area contributed by atoms with Gasteiger partial charge in [-0.25, -0.2) is 0 Å². The summed E-state index contributed by atoms with van der Waals surface area (Å²) >= 11 is 0. The van der Waals surface area contributed by atoms with Gasteiger partial charge < -0.3 is 0 Å². The molecule has 1 nitrogen and oxygen atoms in total. The predicted molar refractivity (Wildman–Crippen MR) is 41.9 cm³/mol. The quantitative estimate of drug-likeness (QED) is 0.565. The van der Waals surface area contributed by atoms with Crippen molar-refractivity contribution in [2.45, 2.75) is 13.1 Å². The van der Waals surface area contributed by atoms with Crippen LogP contribution >= 0.6 is 0 Å². The molecule has 0 aromatic carbocycles. The van der Waals surface area contributed by atoms with Gasteiger partial charge >= 0.3 is 6.18 Å². The lowest BCUT2D eigenvalue weighted by molar-refractivity contribution is -0.141. The molecule has 0 N–H and O–H groups in total. The Hall–Kier alpha value is -1.50. The highest BCUT2D eigenvalue weighted by Crippen LogP contribution is 2.29. The molecule has 1 rings (SSSR count). The Morgan fingerprint density at radius 3 is 2.54 bits per heavy atom. The highest BCUT2D eigenvalue weighted by atomic mass is 19.4. The summed E-state index contributed by atoms with van der Waals surface area (Å²) in [5, 5.41) is 0. The van der Waals surface area contributed by atoms with E-state index in [4.69, 9.17) is 6.42 Å². The third kappa shape index (κ3) is 2.00. The van der Waals surface area contributed by atoms with Gasteiger partial charge in [0.05, 0.1) is 5.56 Å². The van der Waals surface area contributed by atoms with Gasteiger partial charge in [-0.3, -0.25) is 4.98 Å². The largest absolute Gasteiger partial charge is 0.434 e. The zero-order chi connectivity index (χ0) is 10.1. The van der Waals surface area contributed by atoms with Crippen molar-refractivity contribution in [2.75, 3.05) is 0 Å². The normalized spacial score (nSPS) is 11.0. The van der Waals surface area contributed by atoms with Crippen LogP contribution in [0.15, 0.2) is 12.3 Å². The molecule has 1 aromatic heterocycles. The van der Waals surface area contributed by atoms with Crippen LogP contribution in [0.25, 0.3) is 0 Å². The lowest BCUT2D eigenvalue weighted by atomic mass is 10.1. The standard InChI is InChI=1S/C9H6F3N/c1-3-7-4-6(2)5-13-8(7)9(10,11)12/h1,4-5H,2H3. The van der Waals surface area contributed by atoms with Crippen LogP contribution in [0.1, 0.15) is 16.8 Å². The fraction of sp³-hybridized carbons (Fsp3) is 0.222. The number of terminal acetylenes is 1. The monoisotopic (exact) mass is 185 g/mol. The maximum atomic E-state index is 12.2. The highest BCUT2D eigenvalue weighted by molar-refractivity contribution is 5.39. The van der Waals surface area contributed by atoms with Crippen molar-refractivity contribution < 1.29 is 13.2 Å². The zero-order valence-electron chi connectivity index (χ0n) is 6.81. The number of hydrogen-bond donors (Lipinski definition) is 0. The van der Waals surface area contributed by atoms with E-state index in [0.717, 1.165) is 6.20 Å². The first-order valence-electron chi connectivity index (χ1n) is 3.45. The summed E-state index contributed by atoms with van der Waals surface area (Å²) in [6.07, 6.45) is 1.59. The van der Waals surface area contributed by atoms with Crippen molar-refractivity contribution in [3.8, 4) is 12.3 Å². The van der Waals surface area contributed by atoms with E-state index in [0.29, 0.717) is 5.56 Å². The average molecular weight is 185 g/mol. The molecule has 1 aromatic rings. The van der Waals surface area contributed by atoms with E-state index in [1.54, 1.807) is 6.92 Å².